The molecule has 3 rings (SSSR count). The van der Waals surface area contributed by atoms with Crippen molar-refractivity contribution in [2.75, 3.05) is 6.54 Å². The molecule has 1 aliphatic heterocycles. The molecular formula is C16H12N2O6S3. The smallest absolute Gasteiger partial charge is 0.331 e. The molecule has 0 unspecified atom stereocenters. The molecule has 1 fully saturated rings. The minimum atomic E-state index is -0.937. The van der Waals surface area contributed by atoms with Gasteiger partial charge in [0.2, 0.25) is 0 Å². The number of amides is 1. The Morgan fingerprint density at radius 2 is 2.19 bits per heavy atom. The van der Waals surface area contributed by atoms with E-state index in [2.05, 4.69) is 0 Å². The lowest BCUT2D eigenvalue weighted by molar-refractivity contribution is -0.379. The summed E-state index contributed by atoms with van der Waals surface area (Å²) in [5.74, 6) is -0.950. The number of hydrogen-bond acceptors (Lipinski definition) is 8. The van der Waals surface area contributed by atoms with Crippen LogP contribution in [0.15, 0.2) is 33.1 Å². The molecule has 8 nitrogen and oxygen atoms in total. The predicted octanol–water partition coefficient (Wildman–Crippen LogP) is 3.98. The number of aliphatic carboxylic acids is 1. The Morgan fingerprint density at radius 3 is 2.89 bits per heavy atom. The number of nitro groups is 1. The molecule has 0 aromatic carbocycles. The van der Waals surface area contributed by atoms with E-state index in [-0.39, 0.29) is 23.9 Å². The minimum absolute atomic E-state index is 0.00716. The third-order valence-electron chi connectivity index (χ3n) is 3.70. The fourth-order valence-electron chi connectivity index (χ4n) is 2.50. The number of furan rings is 1. The molecule has 0 aliphatic carbocycles. The summed E-state index contributed by atoms with van der Waals surface area (Å²) >= 11 is 7.29. The van der Waals surface area contributed by atoms with Crippen LogP contribution in [0, 0.1) is 10.1 Å². The van der Waals surface area contributed by atoms with E-state index < -0.39 is 10.9 Å². The molecule has 2 aromatic rings. The molecule has 1 saturated heterocycles. The topological polar surface area (TPSA) is 114 Å². The third-order valence-corrected chi connectivity index (χ3v) is 5.95. The minimum Gasteiger partial charge on any atom is -0.481 e. The van der Waals surface area contributed by atoms with Gasteiger partial charge in [-0.25, -0.2) is 0 Å². The first-order valence-electron chi connectivity index (χ1n) is 7.65. The summed E-state index contributed by atoms with van der Waals surface area (Å²) in [4.78, 5) is 35.6. The number of carboxylic acid groups (broad SMARTS) is 1. The van der Waals surface area contributed by atoms with Crippen molar-refractivity contribution in [1.29, 1.82) is 0 Å². The lowest BCUT2D eigenvalue weighted by Crippen LogP contribution is -2.29. The molecule has 0 radical (unpaired) electrons. The van der Waals surface area contributed by atoms with Crippen LogP contribution in [0.4, 0.5) is 5.00 Å². The van der Waals surface area contributed by atoms with Crippen LogP contribution in [0.25, 0.3) is 17.2 Å². The first kappa shape index (κ1) is 19.3. The highest BCUT2D eigenvalue weighted by atomic mass is 32.2. The summed E-state index contributed by atoms with van der Waals surface area (Å²) in [7, 11) is 0. The van der Waals surface area contributed by atoms with E-state index >= 15 is 0 Å². The zero-order valence-corrected chi connectivity index (χ0v) is 16.1. The average molecular weight is 424 g/mol. The van der Waals surface area contributed by atoms with Gasteiger partial charge in [-0.3, -0.25) is 24.6 Å². The van der Waals surface area contributed by atoms with Crippen LogP contribution < -0.4 is 0 Å². The van der Waals surface area contributed by atoms with Crippen molar-refractivity contribution in [3.8, 4) is 11.1 Å². The standard InChI is InChI=1S/C16H12N2O6S3/c19-13(20)2-1-5-17-14(21)12(27-16(17)25)8-11-9(3-6-24-11)10-4-7-26-15(10)18(22)23/h3-4,6-8H,1-2,5H2,(H,19,20). The van der Waals surface area contributed by atoms with Gasteiger partial charge >= 0.3 is 11.0 Å². The molecule has 0 atom stereocenters. The van der Waals surface area contributed by atoms with Crippen molar-refractivity contribution in [3.05, 3.63) is 44.6 Å². The number of thiophene rings is 1. The number of hydrogen-bond donors (Lipinski definition) is 1. The Morgan fingerprint density at radius 1 is 1.41 bits per heavy atom. The summed E-state index contributed by atoms with van der Waals surface area (Å²) in [5, 5.41) is 21.5. The molecule has 1 N–H and O–H groups in total. The highest BCUT2D eigenvalue weighted by molar-refractivity contribution is 8.26. The van der Waals surface area contributed by atoms with Crippen molar-refractivity contribution < 1.29 is 24.0 Å². The van der Waals surface area contributed by atoms with Crippen molar-refractivity contribution >= 4 is 62.6 Å². The molecule has 140 valence electrons. The van der Waals surface area contributed by atoms with Gasteiger partial charge in [0.15, 0.2) is 0 Å². The van der Waals surface area contributed by atoms with Gasteiger partial charge in [0.25, 0.3) is 5.91 Å². The molecular weight excluding hydrogens is 412 g/mol. The molecule has 2 aromatic heterocycles. The van der Waals surface area contributed by atoms with Crippen LogP contribution in [0.1, 0.15) is 18.6 Å². The second-order valence-electron chi connectivity index (χ2n) is 5.43. The second kappa shape index (κ2) is 8.03. The van der Waals surface area contributed by atoms with Crippen LogP contribution in [0.5, 0.6) is 0 Å². The Kier molecular flexibility index (Phi) is 5.73. The van der Waals surface area contributed by atoms with Crippen LogP contribution in [0.2, 0.25) is 0 Å². The van der Waals surface area contributed by atoms with Crippen LogP contribution in [0.3, 0.4) is 0 Å². The summed E-state index contributed by atoms with van der Waals surface area (Å²) < 4.78 is 5.76. The maximum Gasteiger partial charge on any atom is 0.331 e. The van der Waals surface area contributed by atoms with Crippen LogP contribution in [-0.4, -0.2) is 37.7 Å². The zero-order valence-electron chi connectivity index (χ0n) is 13.6. The quantitative estimate of drug-likeness (QED) is 0.307. The van der Waals surface area contributed by atoms with E-state index in [4.69, 9.17) is 21.7 Å². The lowest BCUT2D eigenvalue weighted by Gasteiger charge is -2.13. The van der Waals surface area contributed by atoms with Gasteiger partial charge in [-0.1, -0.05) is 35.3 Å². The molecule has 0 saturated carbocycles. The number of carbonyl (C=O) groups excluding carboxylic acids is 1. The summed E-state index contributed by atoms with van der Waals surface area (Å²) in [6, 6.07) is 3.23. The first-order chi connectivity index (χ1) is 12.9. The van der Waals surface area contributed by atoms with E-state index in [9.17, 15) is 19.7 Å². The number of thiocarbonyl (C=S) groups is 1. The normalized spacial score (nSPS) is 15.7. The lowest BCUT2D eigenvalue weighted by atomic mass is 10.1. The molecule has 1 aliphatic rings. The number of nitrogens with zero attached hydrogens (tertiary/aromatic N) is 2. The number of carboxylic acids is 1. The monoisotopic (exact) mass is 424 g/mol. The van der Waals surface area contributed by atoms with Crippen molar-refractivity contribution in [2.24, 2.45) is 0 Å². The zero-order chi connectivity index (χ0) is 19.6. The van der Waals surface area contributed by atoms with Gasteiger partial charge in [0, 0.05) is 24.6 Å². The Balaban J connectivity index is 1.84. The fourth-order valence-corrected chi connectivity index (χ4v) is 4.51. The summed E-state index contributed by atoms with van der Waals surface area (Å²) in [6.07, 6.45) is 3.14. The average Bonchev–Trinajstić information content (AvgIpc) is 3.30. The van der Waals surface area contributed by atoms with E-state index in [1.165, 1.54) is 17.2 Å². The molecule has 3 heterocycles. The number of thioether (sulfide) groups is 1. The first-order valence-corrected chi connectivity index (χ1v) is 9.76. The number of rotatable bonds is 7. The Labute approximate surface area is 166 Å². The molecule has 0 spiro atoms. The third kappa shape index (κ3) is 4.10. The SMILES string of the molecule is O=C(O)CCCN1C(=O)C(=Cc2occc2-c2ccsc2[N+](=O)[O-])SC1=S. The fraction of sp³-hybridized carbons (Fsp3) is 0.188. The van der Waals surface area contributed by atoms with Gasteiger partial charge in [-0.2, -0.15) is 0 Å². The molecule has 1 amide bonds. The molecule has 11 heteroatoms. The van der Waals surface area contributed by atoms with Gasteiger partial charge in [-0.15, -0.1) is 0 Å². The maximum atomic E-state index is 12.5. The Bertz CT molecular complexity index is 961. The molecule has 27 heavy (non-hydrogen) atoms. The number of carbonyl (C=O) groups is 2. The summed E-state index contributed by atoms with van der Waals surface area (Å²) in [6.45, 7) is 0.218. The second-order valence-corrected chi connectivity index (χ2v) is 8.00. The predicted molar refractivity (Wildman–Crippen MR) is 105 cm³/mol. The van der Waals surface area contributed by atoms with Gasteiger partial charge < -0.3 is 9.52 Å². The maximum absolute atomic E-state index is 12.5. The van der Waals surface area contributed by atoms with Gasteiger partial charge in [-0.05, 0) is 23.9 Å². The highest BCUT2D eigenvalue weighted by Gasteiger charge is 2.32. The largest absolute Gasteiger partial charge is 0.481 e. The van der Waals surface area contributed by atoms with Gasteiger partial charge in [0.05, 0.1) is 21.7 Å². The van der Waals surface area contributed by atoms with E-state index in [1.807, 2.05) is 0 Å². The van der Waals surface area contributed by atoms with E-state index in [1.54, 1.807) is 17.5 Å². The highest BCUT2D eigenvalue weighted by Crippen LogP contribution is 2.39. The van der Waals surface area contributed by atoms with Crippen molar-refractivity contribution in [2.45, 2.75) is 12.8 Å². The van der Waals surface area contributed by atoms with Gasteiger partial charge in [0.1, 0.15) is 10.1 Å². The molecule has 0 bridgehead atoms. The Hall–Kier alpha value is -2.50. The van der Waals surface area contributed by atoms with Crippen LogP contribution in [-0.2, 0) is 9.59 Å². The van der Waals surface area contributed by atoms with Crippen LogP contribution >= 0.6 is 35.3 Å². The van der Waals surface area contributed by atoms with E-state index in [0.29, 0.717) is 32.5 Å². The summed E-state index contributed by atoms with van der Waals surface area (Å²) in [5.41, 5.74) is 0.932. The van der Waals surface area contributed by atoms with Crippen molar-refractivity contribution in [3.63, 3.8) is 0 Å². The van der Waals surface area contributed by atoms with E-state index in [0.717, 1.165) is 23.1 Å². The van der Waals surface area contributed by atoms with Crippen molar-refractivity contribution in [1.82, 2.24) is 4.90 Å².